The van der Waals surface area contributed by atoms with E-state index in [0.717, 1.165) is 36.2 Å². The number of hydrogen-bond acceptors (Lipinski definition) is 3. The molecule has 2 aliphatic rings. The van der Waals surface area contributed by atoms with E-state index in [2.05, 4.69) is 257 Å². The van der Waals surface area contributed by atoms with Crippen LogP contribution >= 0.6 is 47.8 Å². The maximum Gasteiger partial charge on any atom is 0.119 e. The Labute approximate surface area is 467 Å². The molecule has 0 bridgehead atoms. The molecule has 0 N–H and O–H groups in total. The second-order valence-electron chi connectivity index (χ2n) is 19.9. The van der Waals surface area contributed by atoms with Crippen LogP contribution in [0, 0.1) is 0 Å². The fourth-order valence-electron chi connectivity index (χ4n) is 10.7. The molecule has 0 radical (unpaired) electrons. The molecule has 75 heavy (non-hydrogen) atoms. The molecule has 0 unspecified atom stereocenters. The van der Waals surface area contributed by atoms with Crippen molar-refractivity contribution in [2.75, 3.05) is 21.3 Å². The first-order valence-corrected chi connectivity index (χ1v) is 27.4. The summed E-state index contributed by atoms with van der Waals surface area (Å²) in [6.45, 7) is 9.28. The van der Waals surface area contributed by atoms with Gasteiger partial charge < -0.3 is 14.2 Å². The normalized spacial score (nSPS) is 12.9. The maximum absolute atomic E-state index is 5.61. The molecule has 0 aliphatic heterocycles. The Morgan fingerprint density at radius 2 is 0.573 bits per heavy atom. The van der Waals surface area contributed by atoms with Crippen LogP contribution in [0.5, 0.6) is 17.2 Å². The van der Waals surface area contributed by atoms with E-state index in [-0.39, 0.29) is 10.8 Å². The highest BCUT2D eigenvalue weighted by molar-refractivity contribution is 9.11. The summed E-state index contributed by atoms with van der Waals surface area (Å²) in [7, 11) is 5.13. The minimum absolute atomic E-state index is 0.0816. The first-order chi connectivity index (χ1) is 36.3. The number of ether oxygens (including phenoxy) is 3. The molecule has 10 aromatic rings. The summed E-state index contributed by atoms with van der Waals surface area (Å²) < 4.78 is 19.8. The second kappa shape index (κ2) is 21.7. The third-order valence-electron chi connectivity index (χ3n) is 14.8. The third kappa shape index (κ3) is 10.3. The summed E-state index contributed by atoms with van der Waals surface area (Å²) >= 11 is 10.7. The summed E-state index contributed by atoms with van der Waals surface area (Å²) in [5.41, 5.74) is 22.6. The number of fused-ring (bicyclic) bond motifs is 6. The highest BCUT2D eigenvalue weighted by atomic mass is 79.9. The first-order valence-electron chi connectivity index (χ1n) is 25.1. The van der Waals surface area contributed by atoms with Crippen molar-refractivity contribution in [2.45, 2.75) is 38.5 Å². The fourth-order valence-corrected chi connectivity index (χ4v) is 11.9. The number of hydrogen-bond donors (Lipinski definition) is 0. The standard InChI is InChI=1S/C41H34O2.C15H12Br2.C13H11BrO/c1-41(2)39-23-29(33-21-17-31(42-3)25-37(33)27-11-7-5-8-12-27)15-19-35(39)36-20-16-30(24-40(36)41)34-22-18-32(43-4)26-38(34)28-13-9-6-10-14-28;1-15(2)13-7-9(16)3-5-11(13)12-6-4-10(17)8-14(12)15;1-15-11-7-8-13(14)12(9-11)10-5-3-2-4-6-10/h5-26H,1-4H3;3-8H,1-2H3;2-9H,1H3. The van der Waals surface area contributed by atoms with Gasteiger partial charge in [0.05, 0.1) is 21.3 Å². The van der Waals surface area contributed by atoms with E-state index in [1.807, 2.05) is 36.4 Å². The van der Waals surface area contributed by atoms with Crippen molar-refractivity contribution >= 4 is 47.8 Å². The van der Waals surface area contributed by atoms with Gasteiger partial charge >= 0.3 is 0 Å². The van der Waals surface area contributed by atoms with E-state index in [1.165, 1.54) is 94.6 Å². The Morgan fingerprint density at radius 1 is 0.267 bits per heavy atom. The molecule has 0 saturated carbocycles. The van der Waals surface area contributed by atoms with Gasteiger partial charge in [0.15, 0.2) is 0 Å². The Kier molecular flexibility index (Phi) is 14.9. The van der Waals surface area contributed by atoms with Gasteiger partial charge in [0.1, 0.15) is 17.2 Å². The van der Waals surface area contributed by atoms with Gasteiger partial charge in [-0.1, -0.05) is 215 Å². The average molecular weight is 1170 g/mol. The lowest BCUT2D eigenvalue weighted by Gasteiger charge is -2.23. The number of rotatable bonds is 8. The molecular formula is C69H57Br3O3. The van der Waals surface area contributed by atoms with Gasteiger partial charge in [0.25, 0.3) is 0 Å². The van der Waals surface area contributed by atoms with Crippen LogP contribution in [0.3, 0.4) is 0 Å². The first kappa shape index (κ1) is 51.5. The second-order valence-corrected chi connectivity index (χ2v) is 22.6. The van der Waals surface area contributed by atoms with Crippen molar-refractivity contribution in [3.63, 3.8) is 0 Å². The largest absolute Gasteiger partial charge is 0.497 e. The lowest BCUT2D eigenvalue weighted by Crippen LogP contribution is -2.15. The molecule has 3 nitrogen and oxygen atoms in total. The predicted octanol–water partition coefficient (Wildman–Crippen LogP) is 20.3. The minimum Gasteiger partial charge on any atom is -0.497 e. The van der Waals surface area contributed by atoms with Gasteiger partial charge in [0.2, 0.25) is 0 Å². The molecule has 0 spiro atoms. The smallest absolute Gasteiger partial charge is 0.119 e. The number of methoxy groups -OCH3 is 3. The predicted molar refractivity (Wildman–Crippen MR) is 324 cm³/mol. The molecular weight excluding hydrogens is 1120 g/mol. The van der Waals surface area contributed by atoms with Gasteiger partial charge in [0, 0.05) is 24.2 Å². The fraction of sp³-hybridized carbons (Fsp3) is 0.130. The lowest BCUT2D eigenvalue weighted by molar-refractivity contribution is 0.415. The van der Waals surface area contributed by atoms with E-state index in [9.17, 15) is 0 Å². The summed E-state index contributed by atoms with van der Waals surface area (Å²) in [4.78, 5) is 0. The molecule has 0 saturated heterocycles. The number of benzene rings is 10. The molecule has 6 heteroatoms. The van der Waals surface area contributed by atoms with Crippen LogP contribution in [0.15, 0.2) is 232 Å². The van der Waals surface area contributed by atoms with Crippen molar-refractivity contribution in [3.05, 3.63) is 254 Å². The summed E-state index contributed by atoms with van der Waals surface area (Å²) in [5, 5.41) is 0. The van der Waals surface area contributed by atoms with Gasteiger partial charge in [-0.05, 0) is 179 Å². The van der Waals surface area contributed by atoms with E-state index < -0.39 is 0 Å². The highest BCUT2D eigenvalue weighted by Gasteiger charge is 2.37. The molecule has 0 fully saturated rings. The molecule has 12 rings (SSSR count). The zero-order valence-corrected chi connectivity index (χ0v) is 47.9. The van der Waals surface area contributed by atoms with E-state index in [1.54, 1.807) is 21.3 Å². The SMILES string of the molecule is CC1(C)c2cc(Br)ccc2-c2ccc(Br)cc21.COc1ccc(-c2ccc3c(c2)C(C)(C)c2cc(-c4ccc(OC)cc4-c4ccccc4)ccc2-3)c(-c2ccccc2)c1.COc1ccc(Br)c(-c2ccccc2)c1. The van der Waals surface area contributed by atoms with Crippen LogP contribution < -0.4 is 14.2 Å². The lowest BCUT2D eigenvalue weighted by atomic mass is 9.80. The van der Waals surface area contributed by atoms with Crippen molar-refractivity contribution in [1.29, 1.82) is 0 Å². The average Bonchev–Trinajstić information content (AvgIpc) is 3.86. The van der Waals surface area contributed by atoms with Crippen molar-refractivity contribution < 1.29 is 14.2 Å². The van der Waals surface area contributed by atoms with E-state index >= 15 is 0 Å². The molecule has 10 aromatic carbocycles. The molecule has 0 atom stereocenters. The summed E-state index contributed by atoms with van der Waals surface area (Å²) in [5.74, 6) is 2.59. The molecule has 0 aromatic heterocycles. The highest BCUT2D eigenvalue weighted by Crippen LogP contribution is 2.53. The van der Waals surface area contributed by atoms with Crippen LogP contribution in [0.1, 0.15) is 49.9 Å². The molecule has 372 valence electrons. The molecule has 2 aliphatic carbocycles. The topological polar surface area (TPSA) is 27.7 Å². The summed E-state index contributed by atoms with van der Waals surface area (Å²) in [6, 6.07) is 77.2. The zero-order chi connectivity index (χ0) is 52.4. The van der Waals surface area contributed by atoms with Gasteiger partial charge in [-0.25, -0.2) is 0 Å². The Bertz CT molecular complexity index is 3500. The third-order valence-corrected chi connectivity index (χ3v) is 16.5. The van der Waals surface area contributed by atoms with Crippen molar-refractivity contribution in [2.24, 2.45) is 0 Å². The van der Waals surface area contributed by atoms with Crippen LogP contribution in [0.2, 0.25) is 0 Å². The van der Waals surface area contributed by atoms with Crippen LogP contribution in [-0.2, 0) is 10.8 Å². The molecule has 0 amide bonds. The van der Waals surface area contributed by atoms with Gasteiger partial charge in [-0.15, -0.1) is 0 Å². The van der Waals surface area contributed by atoms with E-state index in [4.69, 9.17) is 14.2 Å². The Hall–Kier alpha value is -6.96. The zero-order valence-electron chi connectivity index (χ0n) is 43.1. The summed E-state index contributed by atoms with van der Waals surface area (Å²) in [6.07, 6.45) is 0. The van der Waals surface area contributed by atoms with Crippen LogP contribution in [0.4, 0.5) is 0 Å². The van der Waals surface area contributed by atoms with Crippen molar-refractivity contribution in [1.82, 2.24) is 0 Å². The van der Waals surface area contributed by atoms with Crippen LogP contribution in [0.25, 0.3) is 77.9 Å². The van der Waals surface area contributed by atoms with Gasteiger partial charge in [-0.3, -0.25) is 0 Å². The van der Waals surface area contributed by atoms with Crippen LogP contribution in [-0.4, -0.2) is 21.3 Å². The van der Waals surface area contributed by atoms with Crippen molar-refractivity contribution in [3.8, 4) is 95.1 Å². The maximum atomic E-state index is 5.61. The van der Waals surface area contributed by atoms with Gasteiger partial charge in [-0.2, -0.15) is 0 Å². The monoisotopic (exact) mass is 1170 g/mol. The Morgan fingerprint density at radius 3 is 0.947 bits per heavy atom. The minimum atomic E-state index is -0.157. The number of halogens is 3. The Balaban J connectivity index is 0.000000162. The van der Waals surface area contributed by atoms with E-state index in [0.29, 0.717) is 0 Å². The molecule has 0 heterocycles. The quantitative estimate of drug-likeness (QED) is 0.152.